The minimum absolute atomic E-state index is 0.263. The lowest BCUT2D eigenvalue weighted by molar-refractivity contribution is -0.254. The first-order chi connectivity index (χ1) is 20.5. The predicted octanol–water partition coefficient (Wildman–Crippen LogP) is 5.05. The van der Waals surface area contributed by atoms with Crippen LogP contribution >= 0.6 is 11.6 Å². The van der Waals surface area contributed by atoms with E-state index in [1.54, 1.807) is 12.1 Å². The van der Waals surface area contributed by atoms with Gasteiger partial charge in [-0.05, 0) is 67.0 Å². The summed E-state index contributed by atoms with van der Waals surface area (Å²) in [6, 6.07) is 13.1. The number of benzene rings is 2. The Morgan fingerprint density at radius 2 is 1.40 bits per heavy atom. The summed E-state index contributed by atoms with van der Waals surface area (Å²) < 4.78 is 34.2. The van der Waals surface area contributed by atoms with Gasteiger partial charge in [0.2, 0.25) is 0 Å². The van der Waals surface area contributed by atoms with Crippen LogP contribution in [0, 0.1) is 0 Å². The minimum atomic E-state index is -1.25. The molecule has 2 aromatic carbocycles. The van der Waals surface area contributed by atoms with Crippen LogP contribution in [0.1, 0.15) is 76.2 Å². The number of hydrogen-bond acceptors (Lipinski definition) is 10. The van der Waals surface area contributed by atoms with Crippen LogP contribution in [0.2, 0.25) is 5.02 Å². The van der Waals surface area contributed by atoms with Crippen molar-refractivity contribution in [3.63, 3.8) is 0 Å². The Hall–Kier alpha value is -3.63. The molecule has 11 heteroatoms. The zero-order chi connectivity index (χ0) is 31.1. The third-order valence-electron chi connectivity index (χ3n) is 7.31. The molecule has 1 aliphatic carbocycles. The molecule has 2 aliphatic rings. The van der Waals surface area contributed by atoms with E-state index in [9.17, 15) is 19.2 Å². The molecule has 1 heterocycles. The molecule has 232 valence electrons. The monoisotopic (exact) mass is 616 g/mol. The summed E-state index contributed by atoms with van der Waals surface area (Å²) in [6.45, 7) is 4.50. The average molecular weight is 617 g/mol. The summed E-state index contributed by atoms with van der Waals surface area (Å²) in [5, 5.41) is 0.515. The molecule has 0 aromatic heterocycles. The average Bonchev–Trinajstić information content (AvgIpc) is 3.44. The summed E-state index contributed by atoms with van der Waals surface area (Å²) in [5.74, 6) is -1.80. The van der Waals surface area contributed by atoms with Gasteiger partial charge in [-0.2, -0.15) is 0 Å². The standard InChI is InChI=1S/C32H37ClO10/c1-18(34)38-17-28-30(39-19(2)35)32(41-21(4)37)31(40-20(3)36)29(43-28)23-11-14-27(33)24(16-23)15-22-9-12-26(13-10-22)42-25-7-5-6-8-25/h9-14,16,25,28-32H,5-8,15,17H2,1-4H3/t28-,29+,30-,31+,32?/m1/s1. The lowest BCUT2D eigenvalue weighted by Gasteiger charge is -2.44. The molecule has 43 heavy (non-hydrogen) atoms. The van der Waals surface area contributed by atoms with E-state index >= 15 is 0 Å². The molecule has 0 bridgehead atoms. The van der Waals surface area contributed by atoms with Crippen molar-refractivity contribution in [2.24, 2.45) is 0 Å². The van der Waals surface area contributed by atoms with Crippen molar-refractivity contribution in [1.82, 2.24) is 0 Å². The van der Waals surface area contributed by atoms with Crippen LogP contribution < -0.4 is 4.74 Å². The fraction of sp³-hybridized carbons (Fsp3) is 0.500. The molecule has 1 saturated carbocycles. The van der Waals surface area contributed by atoms with E-state index in [0.29, 0.717) is 17.0 Å². The van der Waals surface area contributed by atoms with Crippen molar-refractivity contribution in [3.8, 4) is 5.75 Å². The fourth-order valence-electron chi connectivity index (χ4n) is 5.51. The SMILES string of the molecule is CC(=O)OC[C@H]1O[C@@H](c2ccc(Cl)c(Cc3ccc(OC4CCCC4)cc3)c2)[C@H](OC(C)=O)C(OC(C)=O)[C@@H]1OC(C)=O. The molecule has 0 amide bonds. The molecular formula is C32H37ClO10. The number of carbonyl (C=O) groups is 4. The number of esters is 4. The highest BCUT2D eigenvalue weighted by Gasteiger charge is 2.52. The molecule has 0 N–H and O–H groups in total. The van der Waals surface area contributed by atoms with Gasteiger partial charge in [0.25, 0.3) is 0 Å². The van der Waals surface area contributed by atoms with Crippen molar-refractivity contribution in [1.29, 1.82) is 0 Å². The third-order valence-corrected chi connectivity index (χ3v) is 7.68. The van der Waals surface area contributed by atoms with Gasteiger partial charge in [-0.25, -0.2) is 0 Å². The largest absolute Gasteiger partial charge is 0.490 e. The quantitative estimate of drug-likeness (QED) is 0.265. The molecule has 2 aromatic rings. The Morgan fingerprint density at radius 3 is 2.00 bits per heavy atom. The van der Waals surface area contributed by atoms with Crippen molar-refractivity contribution < 1.29 is 47.6 Å². The van der Waals surface area contributed by atoms with E-state index < -0.39 is 54.4 Å². The van der Waals surface area contributed by atoms with E-state index in [4.69, 9.17) is 40.0 Å². The lowest BCUT2D eigenvalue weighted by Crippen LogP contribution is -2.59. The van der Waals surface area contributed by atoms with Crippen LogP contribution in [0.4, 0.5) is 0 Å². The van der Waals surface area contributed by atoms with Gasteiger partial charge in [-0.3, -0.25) is 19.2 Å². The zero-order valence-corrected chi connectivity index (χ0v) is 25.5. The lowest BCUT2D eigenvalue weighted by atomic mass is 9.89. The number of carbonyl (C=O) groups excluding carboxylic acids is 4. The highest BCUT2D eigenvalue weighted by Crippen LogP contribution is 2.39. The third kappa shape index (κ3) is 8.93. The molecule has 10 nitrogen and oxygen atoms in total. The van der Waals surface area contributed by atoms with Crippen LogP contribution in [-0.2, 0) is 49.3 Å². The number of halogens is 1. The number of rotatable bonds is 10. The van der Waals surface area contributed by atoms with E-state index in [1.165, 1.54) is 40.5 Å². The molecule has 4 rings (SSSR count). The first-order valence-corrected chi connectivity index (χ1v) is 14.7. The summed E-state index contributed by atoms with van der Waals surface area (Å²) in [4.78, 5) is 48.0. The second-order valence-electron chi connectivity index (χ2n) is 10.8. The van der Waals surface area contributed by atoms with Crippen LogP contribution in [0.15, 0.2) is 42.5 Å². The van der Waals surface area contributed by atoms with Crippen LogP contribution in [0.3, 0.4) is 0 Å². The van der Waals surface area contributed by atoms with Gasteiger partial charge < -0.3 is 28.4 Å². The maximum Gasteiger partial charge on any atom is 0.303 e. The summed E-state index contributed by atoms with van der Waals surface area (Å²) in [7, 11) is 0. The zero-order valence-electron chi connectivity index (χ0n) is 24.7. The van der Waals surface area contributed by atoms with Crippen LogP contribution in [0.25, 0.3) is 0 Å². The predicted molar refractivity (Wildman–Crippen MR) is 154 cm³/mol. The summed E-state index contributed by atoms with van der Waals surface area (Å²) >= 11 is 6.61. The maximum absolute atomic E-state index is 12.2. The number of hydrogen-bond donors (Lipinski definition) is 0. The van der Waals surface area contributed by atoms with E-state index in [-0.39, 0.29) is 12.7 Å². The second-order valence-corrected chi connectivity index (χ2v) is 11.2. The Kier molecular flexibility index (Phi) is 11.0. The van der Waals surface area contributed by atoms with Crippen molar-refractivity contribution in [2.45, 2.75) is 96.4 Å². The Morgan fingerprint density at radius 1 is 0.791 bits per heavy atom. The highest BCUT2D eigenvalue weighted by atomic mass is 35.5. The van der Waals surface area contributed by atoms with Gasteiger partial charge in [-0.1, -0.05) is 35.9 Å². The molecule has 1 aliphatic heterocycles. The van der Waals surface area contributed by atoms with Gasteiger partial charge in [0.05, 0.1) is 6.10 Å². The van der Waals surface area contributed by atoms with Crippen molar-refractivity contribution in [2.75, 3.05) is 6.61 Å². The van der Waals surface area contributed by atoms with Gasteiger partial charge in [-0.15, -0.1) is 0 Å². The van der Waals surface area contributed by atoms with E-state index in [1.807, 2.05) is 30.3 Å². The van der Waals surface area contributed by atoms with Crippen molar-refractivity contribution in [3.05, 3.63) is 64.2 Å². The highest BCUT2D eigenvalue weighted by molar-refractivity contribution is 6.31. The van der Waals surface area contributed by atoms with E-state index in [2.05, 4.69) is 0 Å². The first-order valence-electron chi connectivity index (χ1n) is 14.3. The molecule has 5 atom stereocenters. The van der Waals surface area contributed by atoms with Crippen LogP contribution in [0.5, 0.6) is 5.75 Å². The molecule has 2 fully saturated rings. The van der Waals surface area contributed by atoms with Crippen molar-refractivity contribution >= 4 is 35.5 Å². The normalized spacial score (nSPS) is 23.7. The minimum Gasteiger partial charge on any atom is -0.490 e. The Labute approximate surface area is 255 Å². The summed E-state index contributed by atoms with van der Waals surface area (Å²) in [6.07, 6.45) is -0.421. The fourth-order valence-corrected chi connectivity index (χ4v) is 5.69. The molecule has 1 unspecified atom stereocenters. The number of ether oxygens (including phenoxy) is 6. The first kappa shape index (κ1) is 32.3. The smallest absolute Gasteiger partial charge is 0.303 e. The maximum atomic E-state index is 12.2. The van der Waals surface area contributed by atoms with E-state index in [0.717, 1.165) is 29.7 Å². The molecule has 0 spiro atoms. The van der Waals surface area contributed by atoms with Gasteiger partial charge in [0.1, 0.15) is 24.6 Å². The molecule has 0 radical (unpaired) electrons. The van der Waals surface area contributed by atoms with Gasteiger partial charge >= 0.3 is 23.9 Å². The Bertz CT molecular complexity index is 1300. The topological polar surface area (TPSA) is 124 Å². The van der Waals surface area contributed by atoms with Gasteiger partial charge in [0, 0.05) is 32.7 Å². The van der Waals surface area contributed by atoms with Gasteiger partial charge in [0.15, 0.2) is 18.3 Å². The molecular weight excluding hydrogens is 580 g/mol. The summed E-state index contributed by atoms with van der Waals surface area (Å²) in [5.41, 5.74) is 2.34. The Balaban J connectivity index is 1.65. The molecule has 1 saturated heterocycles. The second kappa shape index (κ2) is 14.7. The van der Waals surface area contributed by atoms with Crippen LogP contribution in [-0.4, -0.2) is 61.0 Å².